The summed E-state index contributed by atoms with van der Waals surface area (Å²) in [7, 11) is 0. The number of rotatable bonds is 8. The molecule has 0 saturated carbocycles. The molecule has 17 aromatic rings. The standard InChI is InChI=1S/C80H46N4S2/c81-47-65-71(53-32-14-5-15-33-53)66(48-82)76(72(75(65)83-67-38-20-16-34-57(67)58-35-17-21-39-68(58)83)56-43-54(49-24-6-1-7-25-49)42-55(44-56)50-26-8-2-9-27-50)84-77-73(61(51-28-10-3-11-29-51)45-63-59-36-18-22-40-69(59)85-79(63)77)74-62(52-30-12-4-13-31-52)46-64-60-37-19-23-41-70(60)86-80(64)78(74)84/h1-46H. The van der Waals surface area contributed by atoms with Gasteiger partial charge in [-0.2, -0.15) is 10.5 Å². The fourth-order valence-electron chi connectivity index (χ4n) is 13.7. The van der Waals surface area contributed by atoms with Crippen molar-refractivity contribution in [1.29, 1.82) is 10.5 Å². The van der Waals surface area contributed by atoms with E-state index < -0.39 is 0 Å². The Labute approximate surface area is 503 Å². The van der Waals surface area contributed by atoms with Crippen LogP contribution in [-0.2, 0) is 0 Å². The maximum absolute atomic E-state index is 12.9. The van der Waals surface area contributed by atoms with Crippen molar-refractivity contribution in [3.8, 4) is 90.3 Å². The van der Waals surface area contributed by atoms with Crippen molar-refractivity contribution in [2.24, 2.45) is 0 Å². The molecular formula is C80H46N4S2. The first-order valence-electron chi connectivity index (χ1n) is 28.9. The van der Waals surface area contributed by atoms with Crippen LogP contribution in [-0.4, -0.2) is 9.13 Å². The lowest BCUT2D eigenvalue weighted by Gasteiger charge is -2.26. The van der Waals surface area contributed by atoms with Crippen LogP contribution in [0.1, 0.15) is 11.1 Å². The Bertz CT molecular complexity index is 5420. The highest BCUT2D eigenvalue weighted by atomic mass is 32.1. The quantitative estimate of drug-likeness (QED) is 0.152. The average Bonchev–Trinajstić information content (AvgIpc) is 1.52. The molecule has 6 heteroatoms. The third kappa shape index (κ3) is 7.45. The van der Waals surface area contributed by atoms with E-state index in [4.69, 9.17) is 0 Å². The van der Waals surface area contributed by atoms with Crippen molar-refractivity contribution in [1.82, 2.24) is 9.13 Å². The van der Waals surface area contributed by atoms with Gasteiger partial charge in [0.25, 0.3) is 0 Å². The summed E-state index contributed by atoms with van der Waals surface area (Å²) >= 11 is 3.60. The van der Waals surface area contributed by atoms with Crippen molar-refractivity contribution in [3.05, 3.63) is 290 Å². The SMILES string of the molecule is N#Cc1c(-c2ccccc2)c(C#N)c(-n2c3c4sc5ccccc5c4cc(-c4ccccc4)c3c3c(-c4ccccc4)cc4c5ccccc5sc4c32)c(-c2cc(-c3ccccc3)cc(-c3ccccc3)c2)c1-n1c2ccccc2c2ccccc21. The van der Waals surface area contributed by atoms with E-state index in [2.05, 4.69) is 282 Å². The first-order chi connectivity index (χ1) is 42.6. The monoisotopic (exact) mass is 1130 g/mol. The van der Waals surface area contributed by atoms with Crippen molar-refractivity contribution in [2.45, 2.75) is 0 Å². The van der Waals surface area contributed by atoms with Gasteiger partial charge in [-0.3, -0.25) is 0 Å². The van der Waals surface area contributed by atoms with Gasteiger partial charge in [-0.25, -0.2) is 0 Å². The number of aromatic nitrogens is 2. The average molecular weight is 1130 g/mol. The van der Waals surface area contributed by atoms with E-state index in [9.17, 15) is 10.5 Å². The number of hydrogen-bond acceptors (Lipinski definition) is 4. The molecular weight excluding hydrogens is 1080 g/mol. The maximum atomic E-state index is 12.9. The van der Waals surface area contributed by atoms with Crippen LogP contribution in [0.15, 0.2) is 279 Å². The van der Waals surface area contributed by atoms with E-state index >= 15 is 0 Å². The summed E-state index contributed by atoms with van der Waals surface area (Å²) in [4.78, 5) is 0. The molecule has 0 unspecified atom stereocenters. The first kappa shape index (κ1) is 49.5. The summed E-state index contributed by atoms with van der Waals surface area (Å²) in [5, 5.41) is 34.3. The van der Waals surface area contributed by atoms with Crippen molar-refractivity contribution in [3.63, 3.8) is 0 Å². The van der Waals surface area contributed by atoms with Crippen LogP contribution in [0.3, 0.4) is 0 Å². The fourth-order valence-corrected chi connectivity index (χ4v) is 16.2. The summed E-state index contributed by atoms with van der Waals surface area (Å²) < 4.78 is 9.39. The molecule has 0 bridgehead atoms. The first-order valence-corrected chi connectivity index (χ1v) is 30.5. The van der Waals surface area contributed by atoms with E-state index in [1.165, 1.54) is 20.2 Å². The molecule has 0 radical (unpaired) electrons. The normalized spacial score (nSPS) is 11.7. The van der Waals surface area contributed by atoms with Crippen LogP contribution in [0.4, 0.5) is 0 Å². The van der Waals surface area contributed by atoms with Gasteiger partial charge in [-0.15, -0.1) is 22.7 Å². The van der Waals surface area contributed by atoms with E-state index in [0.717, 1.165) is 125 Å². The van der Waals surface area contributed by atoms with Crippen molar-refractivity contribution >= 4 is 107 Å². The molecule has 17 rings (SSSR count). The minimum absolute atomic E-state index is 0.399. The molecule has 0 aliphatic rings. The van der Waals surface area contributed by atoms with E-state index in [-0.39, 0.29) is 0 Å². The lowest BCUT2D eigenvalue weighted by molar-refractivity contribution is 1.13. The van der Waals surface area contributed by atoms with Gasteiger partial charge in [0, 0.05) is 63.6 Å². The maximum Gasteiger partial charge on any atom is 0.102 e. The fraction of sp³-hybridized carbons (Fsp3) is 0. The van der Waals surface area contributed by atoms with Crippen LogP contribution in [0.5, 0.6) is 0 Å². The largest absolute Gasteiger partial charge is 0.307 e. The highest BCUT2D eigenvalue weighted by Gasteiger charge is 2.35. The number of nitrogens with zero attached hydrogens (tertiary/aromatic N) is 4. The van der Waals surface area contributed by atoms with Crippen LogP contribution < -0.4 is 0 Å². The smallest absolute Gasteiger partial charge is 0.102 e. The van der Waals surface area contributed by atoms with Crippen LogP contribution >= 0.6 is 22.7 Å². The molecule has 0 fully saturated rings. The second-order valence-corrected chi connectivity index (χ2v) is 24.1. The van der Waals surface area contributed by atoms with Gasteiger partial charge in [0.05, 0.1) is 54.0 Å². The van der Waals surface area contributed by atoms with Crippen molar-refractivity contribution in [2.75, 3.05) is 0 Å². The predicted octanol–water partition coefficient (Wildman–Crippen LogP) is 22.4. The minimum Gasteiger partial charge on any atom is -0.307 e. The molecule has 0 aliphatic carbocycles. The Morgan fingerprint density at radius 1 is 0.279 bits per heavy atom. The van der Waals surface area contributed by atoms with Gasteiger partial charge < -0.3 is 9.13 Å². The molecule has 13 aromatic carbocycles. The Morgan fingerprint density at radius 3 is 1.06 bits per heavy atom. The third-order valence-electron chi connectivity index (χ3n) is 17.4. The Morgan fingerprint density at radius 2 is 0.628 bits per heavy atom. The molecule has 0 spiro atoms. The molecule has 4 nitrogen and oxygen atoms in total. The van der Waals surface area contributed by atoms with Gasteiger partial charge >= 0.3 is 0 Å². The van der Waals surface area contributed by atoms with Gasteiger partial charge in [0.2, 0.25) is 0 Å². The highest BCUT2D eigenvalue weighted by molar-refractivity contribution is 7.27. The topological polar surface area (TPSA) is 57.4 Å². The number of hydrogen-bond donors (Lipinski definition) is 0. The zero-order valence-electron chi connectivity index (χ0n) is 46.2. The molecule has 4 aromatic heterocycles. The van der Waals surface area contributed by atoms with E-state index in [1.807, 2.05) is 18.2 Å². The number of para-hydroxylation sites is 2. The second kappa shape index (κ2) is 19.8. The number of benzene rings is 13. The van der Waals surface area contributed by atoms with E-state index in [1.54, 1.807) is 22.7 Å². The minimum atomic E-state index is 0.399. The summed E-state index contributed by atoms with van der Waals surface area (Å²) in [5.74, 6) is 0. The molecule has 0 atom stereocenters. The highest BCUT2D eigenvalue weighted by Crippen LogP contribution is 2.56. The predicted molar refractivity (Wildman–Crippen MR) is 363 cm³/mol. The zero-order chi connectivity index (χ0) is 57.0. The van der Waals surface area contributed by atoms with Crippen molar-refractivity contribution < 1.29 is 0 Å². The second-order valence-electron chi connectivity index (χ2n) is 22.0. The Hall–Kier alpha value is -11.1. The molecule has 0 saturated heterocycles. The lowest BCUT2D eigenvalue weighted by Crippen LogP contribution is -2.11. The Kier molecular flexibility index (Phi) is 11.4. The number of thiophene rings is 2. The molecule has 0 aliphatic heterocycles. The third-order valence-corrected chi connectivity index (χ3v) is 19.7. The van der Waals surface area contributed by atoms with E-state index in [0.29, 0.717) is 28.1 Å². The summed E-state index contributed by atoms with van der Waals surface area (Å²) in [6.07, 6.45) is 0. The molecule has 0 N–H and O–H groups in total. The van der Waals surface area contributed by atoms with Crippen LogP contribution in [0.2, 0.25) is 0 Å². The number of nitriles is 2. The van der Waals surface area contributed by atoms with Gasteiger partial charge in [-0.1, -0.05) is 224 Å². The Balaban J connectivity index is 1.23. The molecule has 0 amide bonds. The number of fused-ring (bicyclic) bond motifs is 14. The zero-order valence-corrected chi connectivity index (χ0v) is 47.8. The van der Waals surface area contributed by atoms with Crippen LogP contribution in [0, 0.1) is 22.7 Å². The molecule has 4 heterocycles. The summed E-state index contributed by atoms with van der Waals surface area (Å²) in [6, 6.07) is 105. The van der Waals surface area contributed by atoms with Gasteiger partial charge in [-0.05, 0) is 110 Å². The summed E-state index contributed by atoms with van der Waals surface area (Å²) in [6.45, 7) is 0. The molecule has 398 valence electrons. The van der Waals surface area contributed by atoms with Gasteiger partial charge in [0.15, 0.2) is 0 Å². The lowest BCUT2D eigenvalue weighted by atomic mass is 9.84. The molecule has 86 heavy (non-hydrogen) atoms. The van der Waals surface area contributed by atoms with Crippen LogP contribution in [0.25, 0.3) is 162 Å². The summed E-state index contributed by atoms with van der Waals surface area (Å²) in [5.41, 5.74) is 17.5. The van der Waals surface area contributed by atoms with Gasteiger partial charge in [0.1, 0.15) is 12.1 Å².